The second-order valence-corrected chi connectivity index (χ2v) is 5.39. The molecule has 5 nitrogen and oxygen atoms in total. The summed E-state index contributed by atoms with van der Waals surface area (Å²) in [5, 5.41) is 13.7. The monoisotopic (exact) mass is 332 g/mol. The molecule has 0 fully saturated rings. The first-order valence-corrected chi connectivity index (χ1v) is 7.32. The molecule has 2 N–H and O–H groups in total. The van der Waals surface area contributed by atoms with E-state index < -0.39 is 5.97 Å². The van der Waals surface area contributed by atoms with Crippen LogP contribution < -0.4 is 10.2 Å². The third-order valence-electron chi connectivity index (χ3n) is 3.20. The van der Waals surface area contributed by atoms with Gasteiger partial charge in [0.2, 0.25) is 0 Å². The highest BCUT2D eigenvalue weighted by Gasteiger charge is 2.07. The Labute approximate surface area is 139 Å². The van der Waals surface area contributed by atoms with E-state index in [0.717, 1.165) is 17.0 Å². The van der Waals surface area contributed by atoms with Gasteiger partial charge in [-0.05, 0) is 42.8 Å². The molecular formula is C17H17ClN2O3. The van der Waals surface area contributed by atoms with Crippen molar-refractivity contribution in [3.8, 4) is 5.75 Å². The van der Waals surface area contributed by atoms with E-state index in [1.807, 2.05) is 31.2 Å². The SMILES string of the molecule is COc1ccc(C/C(C)=N\Nc2cc(C(=O)O)ccc2Cl)cc1. The first-order chi connectivity index (χ1) is 11.0. The van der Waals surface area contributed by atoms with Crippen molar-refractivity contribution in [1.82, 2.24) is 0 Å². The summed E-state index contributed by atoms with van der Waals surface area (Å²) in [4.78, 5) is 11.0. The molecule has 2 aromatic carbocycles. The van der Waals surface area contributed by atoms with Crippen molar-refractivity contribution in [2.75, 3.05) is 12.5 Å². The molecule has 23 heavy (non-hydrogen) atoms. The normalized spacial score (nSPS) is 11.2. The number of hydrogen-bond acceptors (Lipinski definition) is 4. The minimum absolute atomic E-state index is 0.153. The molecule has 0 spiro atoms. The Bertz CT molecular complexity index is 727. The lowest BCUT2D eigenvalue weighted by atomic mass is 10.1. The van der Waals surface area contributed by atoms with Crippen LogP contribution in [-0.2, 0) is 6.42 Å². The number of anilines is 1. The highest BCUT2D eigenvalue weighted by Crippen LogP contribution is 2.23. The maximum absolute atomic E-state index is 11.0. The molecule has 0 unspecified atom stereocenters. The Balaban J connectivity index is 2.06. The van der Waals surface area contributed by atoms with E-state index in [2.05, 4.69) is 10.5 Å². The van der Waals surface area contributed by atoms with Gasteiger partial charge in [-0.3, -0.25) is 5.43 Å². The number of carboxylic acids is 1. The van der Waals surface area contributed by atoms with E-state index in [4.69, 9.17) is 21.4 Å². The Morgan fingerprint density at radius 1 is 1.26 bits per heavy atom. The number of carbonyl (C=O) groups is 1. The second kappa shape index (κ2) is 7.65. The molecule has 120 valence electrons. The first kappa shape index (κ1) is 16.8. The van der Waals surface area contributed by atoms with Gasteiger partial charge in [0.15, 0.2) is 0 Å². The van der Waals surface area contributed by atoms with Gasteiger partial charge >= 0.3 is 5.97 Å². The summed E-state index contributed by atoms with van der Waals surface area (Å²) >= 11 is 6.04. The van der Waals surface area contributed by atoms with Gasteiger partial charge in [0.25, 0.3) is 0 Å². The second-order valence-electron chi connectivity index (χ2n) is 4.98. The zero-order valence-electron chi connectivity index (χ0n) is 12.8. The average Bonchev–Trinajstić information content (AvgIpc) is 2.54. The average molecular weight is 333 g/mol. The van der Waals surface area contributed by atoms with Crippen molar-refractivity contribution in [3.63, 3.8) is 0 Å². The maximum Gasteiger partial charge on any atom is 0.335 e. The minimum atomic E-state index is -1.01. The predicted molar refractivity (Wildman–Crippen MR) is 91.8 cm³/mol. The molecule has 0 atom stereocenters. The summed E-state index contributed by atoms with van der Waals surface area (Å²) in [7, 11) is 1.63. The zero-order chi connectivity index (χ0) is 16.8. The van der Waals surface area contributed by atoms with Crippen LogP contribution in [0.15, 0.2) is 47.6 Å². The van der Waals surface area contributed by atoms with Gasteiger partial charge in [0.05, 0.1) is 23.4 Å². The Morgan fingerprint density at radius 2 is 1.96 bits per heavy atom. The molecule has 2 aromatic rings. The lowest BCUT2D eigenvalue weighted by Crippen LogP contribution is -2.03. The number of ether oxygens (including phenoxy) is 1. The molecule has 0 aliphatic heterocycles. The fourth-order valence-electron chi connectivity index (χ4n) is 1.98. The number of hydrazone groups is 1. The van der Waals surface area contributed by atoms with Gasteiger partial charge in [0, 0.05) is 12.1 Å². The van der Waals surface area contributed by atoms with Crippen molar-refractivity contribution in [2.45, 2.75) is 13.3 Å². The van der Waals surface area contributed by atoms with E-state index in [9.17, 15) is 4.79 Å². The molecular weight excluding hydrogens is 316 g/mol. The van der Waals surface area contributed by atoms with E-state index >= 15 is 0 Å². The molecule has 2 rings (SSSR count). The lowest BCUT2D eigenvalue weighted by molar-refractivity contribution is 0.0697. The Morgan fingerprint density at radius 3 is 2.57 bits per heavy atom. The van der Waals surface area contributed by atoms with E-state index in [1.54, 1.807) is 7.11 Å². The van der Waals surface area contributed by atoms with Crippen LogP contribution in [0.1, 0.15) is 22.8 Å². The summed E-state index contributed by atoms with van der Waals surface area (Å²) in [6.07, 6.45) is 0.660. The van der Waals surface area contributed by atoms with Crippen molar-refractivity contribution in [2.24, 2.45) is 5.10 Å². The van der Waals surface area contributed by atoms with Crippen molar-refractivity contribution in [3.05, 3.63) is 58.6 Å². The molecule has 0 amide bonds. The first-order valence-electron chi connectivity index (χ1n) is 6.94. The van der Waals surface area contributed by atoms with Gasteiger partial charge in [-0.1, -0.05) is 23.7 Å². The number of nitrogens with zero attached hydrogens (tertiary/aromatic N) is 1. The molecule has 6 heteroatoms. The van der Waals surface area contributed by atoms with Gasteiger partial charge in [0.1, 0.15) is 5.75 Å². The third kappa shape index (κ3) is 4.72. The molecule has 0 aliphatic rings. The smallest absolute Gasteiger partial charge is 0.335 e. The minimum Gasteiger partial charge on any atom is -0.497 e. The van der Waals surface area contributed by atoms with Crippen LogP contribution in [0.3, 0.4) is 0 Å². The molecule has 0 aromatic heterocycles. The number of rotatable bonds is 6. The lowest BCUT2D eigenvalue weighted by Gasteiger charge is -2.07. The molecule has 0 bridgehead atoms. The largest absolute Gasteiger partial charge is 0.497 e. The van der Waals surface area contributed by atoms with Gasteiger partial charge in [-0.2, -0.15) is 5.10 Å². The molecule has 0 saturated heterocycles. The highest BCUT2D eigenvalue weighted by atomic mass is 35.5. The zero-order valence-corrected chi connectivity index (χ0v) is 13.6. The summed E-state index contributed by atoms with van der Waals surface area (Å²) < 4.78 is 5.12. The topological polar surface area (TPSA) is 70.9 Å². The number of carboxylic acid groups (broad SMARTS) is 1. The van der Waals surface area contributed by atoms with E-state index in [0.29, 0.717) is 17.1 Å². The number of methoxy groups -OCH3 is 1. The van der Waals surface area contributed by atoms with Crippen LogP contribution in [-0.4, -0.2) is 23.9 Å². The van der Waals surface area contributed by atoms with E-state index in [-0.39, 0.29) is 5.56 Å². The maximum atomic E-state index is 11.0. The summed E-state index contributed by atoms with van der Waals surface area (Å²) in [6, 6.07) is 12.2. The van der Waals surface area contributed by atoms with Crippen LogP contribution in [0.2, 0.25) is 5.02 Å². The molecule has 0 heterocycles. The summed E-state index contributed by atoms with van der Waals surface area (Å²) in [5.74, 6) is -0.206. The standard InChI is InChI=1S/C17H17ClN2O3/c1-11(9-12-3-6-14(23-2)7-4-12)19-20-16-10-13(17(21)22)5-8-15(16)18/h3-8,10,20H,9H2,1-2H3,(H,21,22)/b19-11-. The number of aromatic carboxylic acids is 1. The fourth-order valence-corrected chi connectivity index (χ4v) is 2.14. The van der Waals surface area contributed by atoms with Crippen LogP contribution in [0, 0.1) is 0 Å². The van der Waals surface area contributed by atoms with Gasteiger partial charge < -0.3 is 9.84 Å². The number of benzene rings is 2. The van der Waals surface area contributed by atoms with Gasteiger partial charge in [-0.15, -0.1) is 0 Å². The summed E-state index contributed by atoms with van der Waals surface area (Å²) in [5.41, 5.74) is 5.37. The van der Waals surface area contributed by atoms with Crippen molar-refractivity contribution < 1.29 is 14.6 Å². The molecule has 0 radical (unpaired) electrons. The fraction of sp³-hybridized carbons (Fsp3) is 0.176. The van der Waals surface area contributed by atoms with Crippen molar-refractivity contribution in [1.29, 1.82) is 0 Å². The Hall–Kier alpha value is -2.53. The highest BCUT2D eigenvalue weighted by molar-refractivity contribution is 6.33. The number of halogens is 1. The van der Waals surface area contributed by atoms with Crippen molar-refractivity contribution >= 4 is 29.0 Å². The van der Waals surface area contributed by atoms with Crippen LogP contribution >= 0.6 is 11.6 Å². The number of hydrogen-bond donors (Lipinski definition) is 2. The van der Waals surface area contributed by atoms with E-state index in [1.165, 1.54) is 18.2 Å². The predicted octanol–water partition coefficient (Wildman–Crippen LogP) is 4.08. The summed E-state index contributed by atoms with van der Waals surface area (Å²) in [6.45, 7) is 1.88. The van der Waals surface area contributed by atoms with Crippen LogP contribution in [0.25, 0.3) is 0 Å². The van der Waals surface area contributed by atoms with Gasteiger partial charge in [-0.25, -0.2) is 4.79 Å². The molecule has 0 aliphatic carbocycles. The quantitative estimate of drug-likeness (QED) is 0.617. The third-order valence-corrected chi connectivity index (χ3v) is 3.53. The molecule has 0 saturated carbocycles. The number of nitrogens with one attached hydrogen (secondary N) is 1. The Kier molecular flexibility index (Phi) is 5.60. The van der Waals surface area contributed by atoms with Crippen LogP contribution in [0.5, 0.6) is 5.75 Å². The van der Waals surface area contributed by atoms with Crippen LogP contribution in [0.4, 0.5) is 5.69 Å².